The molecule has 0 saturated carbocycles. The first-order valence-corrected chi connectivity index (χ1v) is 5.60. The lowest BCUT2D eigenvalue weighted by Gasteiger charge is -1.98. The molecule has 0 unspecified atom stereocenters. The molecule has 2 aromatic heterocycles. The first kappa shape index (κ1) is 9.35. The van der Waals surface area contributed by atoms with Gasteiger partial charge >= 0.3 is 0 Å². The third kappa shape index (κ3) is 1.29. The smallest absolute Gasteiger partial charge is 0.222 e. The molecular weight excluding hydrogens is 222 g/mol. The maximum Gasteiger partial charge on any atom is 0.222 e. The van der Waals surface area contributed by atoms with E-state index in [1.807, 2.05) is 25.1 Å². The number of anilines is 1. The summed E-state index contributed by atoms with van der Waals surface area (Å²) in [4.78, 5) is 0. The number of hydrogen-bond acceptors (Lipinski definition) is 5. The van der Waals surface area contributed by atoms with Crippen molar-refractivity contribution in [1.82, 2.24) is 9.53 Å². The van der Waals surface area contributed by atoms with Crippen LogP contribution < -0.4 is 5.73 Å². The van der Waals surface area contributed by atoms with E-state index in [4.69, 9.17) is 10.3 Å². The van der Waals surface area contributed by atoms with E-state index in [9.17, 15) is 0 Å². The third-order valence-corrected chi connectivity index (χ3v) is 3.38. The first-order valence-electron chi connectivity index (χ1n) is 4.83. The van der Waals surface area contributed by atoms with Gasteiger partial charge in [0.2, 0.25) is 5.88 Å². The van der Waals surface area contributed by atoms with Gasteiger partial charge in [-0.15, -0.1) is 0 Å². The molecule has 2 N–H and O–H groups in total. The van der Waals surface area contributed by atoms with Crippen molar-refractivity contribution in [3.8, 4) is 11.3 Å². The minimum absolute atomic E-state index is 0.327. The standard InChI is InChI=1S/C11H9N3OS/c1-6-11-7(8-5-10(12)15-13-8)3-2-4-9(11)16-14-6/h2-5H,12H2,1H3. The first-order chi connectivity index (χ1) is 7.75. The predicted octanol–water partition coefficient (Wildman–Crippen LogP) is 2.84. The monoisotopic (exact) mass is 231 g/mol. The maximum absolute atomic E-state index is 5.53. The molecule has 1 aromatic carbocycles. The van der Waals surface area contributed by atoms with Crippen molar-refractivity contribution < 1.29 is 4.52 Å². The molecule has 0 saturated heterocycles. The highest BCUT2D eigenvalue weighted by Crippen LogP contribution is 2.32. The minimum atomic E-state index is 0.327. The van der Waals surface area contributed by atoms with Crippen molar-refractivity contribution in [2.75, 3.05) is 5.73 Å². The Morgan fingerprint density at radius 1 is 1.38 bits per heavy atom. The molecule has 80 valence electrons. The van der Waals surface area contributed by atoms with Crippen LogP contribution in [0.25, 0.3) is 21.3 Å². The Balaban J connectivity index is 2.34. The van der Waals surface area contributed by atoms with Crippen LogP contribution in [0.2, 0.25) is 0 Å². The molecule has 0 radical (unpaired) electrons. The highest BCUT2D eigenvalue weighted by Gasteiger charge is 2.12. The number of nitrogen functional groups attached to an aromatic ring is 1. The number of benzene rings is 1. The average Bonchev–Trinajstić information content (AvgIpc) is 2.86. The SMILES string of the molecule is Cc1nsc2cccc(-c3cc(N)on3)c12. The molecule has 2 heterocycles. The molecule has 0 fully saturated rings. The summed E-state index contributed by atoms with van der Waals surface area (Å²) in [7, 11) is 0. The van der Waals surface area contributed by atoms with E-state index in [0.717, 1.165) is 27.0 Å². The van der Waals surface area contributed by atoms with Crippen molar-refractivity contribution in [1.29, 1.82) is 0 Å². The Kier molecular flexibility index (Phi) is 1.94. The summed E-state index contributed by atoms with van der Waals surface area (Å²) in [5.74, 6) is 0.327. The Morgan fingerprint density at radius 2 is 2.25 bits per heavy atom. The second-order valence-corrected chi connectivity index (χ2v) is 4.37. The van der Waals surface area contributed by atoms with Crippen LogP contribution in [0, 0.1) is 6.92 Å². The second kappa shape index (κ2) is 3.31. The Hall–Kier alpha value is -1.88. The van der Waals surface area contributed by atoms with E-state index in [0.29, 0.717) is 5.88 Å². The van der Waals surface area contributed by atoms with Gasteiger partial charge in [0.25, 0.3) is 0 Å². The van der Waals surface area contributed by atoms with Crippen molar-refractivity contribution in [3.05, 3.63) is 30.0 Å². The van der Waals surface area contributed by atoms with Gasteiger partial charge in [0, 0.05) is 17.0 Å². The molecule has 0 aliphatic heterocycles. The number of aryl methyl sites for hydroxylation is 1. The number of nitrogens with zero attached hydrogens (tertiary/aromatic N) is 2. The van der Waals surface area contributed by atoms with Gasteiger partial charge in [-0.2, -0.15) is 4.37 Å². The van der Waals surface area contributed by atoms with Crippen LogP contribution in [0.15, 0.2) is 28.8 Å². The summed E-state index contributed by atoms with van der Waals surface area (Å²) in [6, 6.07) is 7.76. The molecule has 3 rings (SSSR count). The van der Waals surface area contributed by atoms with Gasteiger partial charge in [-0.3, -0.25) is 0 Å². The fourth-order valence-corrected chi connectivity index (χ4v) is 2.59. The van der Waals surface area contributed by atoms with Gasteiger partial charge in [-0.1, -0.05) is 17.3 Å². The molecule has 16 heavy (non-hydrogen) atoms. The molecular formula is C11H9N3OS. The van der Waals surface area contributed by atoms with E-state index in [2.05, 4.69) is 9.53 Å². The number of hydrogen-bond donors (Lipinski definition) is 1. The zero-order valence-electron chi connectivity index (χ0n) is 8.60. The number of rotatable bonds is 1. The largest absolute Gasteiger partial charge is 0.368 e. The predicted molar refractivity (Wildman–Crippen MR) is 64.3 cm³/mol. The zero-order valence-corrected chi connectivity index (χ0v) is 9.41. The lowest BCUT2D eigenvalue weighted by Crippen LogP contribution is -1.80. The molecule has 0 atom stereocenters. The van der Waals surface area contributed by atoms with Crippen LogP contribution in [0.3, 0.4) is 0 Å². The normalized spacial score (nSPS) is 11.1. The number of fused-ring (bicyclic) bond motifs is 1. The van der Waals surface area contributed by atoms with Crippen LogP contribution in [0.4, 0.5) is 5.88 Å². The summed E-state index contributed by atoms with van der Waals surface area (Å²) in [6.07, 6.45) is 0. The fourth-order valence-electron chi connectivity index (χ4n) is 1.77. The fraction of sp³-hybridized carbons (Fsp3) is 0.0909. The van der Waals surface area contributed by atoms with E-state index in [1.54, 1.807) is 6.07 Å². The van der Waals surface area contributed by atoms with Crippen molar-refractivity contribution in [2.24, 2.45) is 0 Å². The minimum Gasteiger partial charge on any atom is -0.368 e. The average molecular weight is 231 g/mol. The van der Waals surface area contributed by atoms with Crippen LogP contribution in [-0.2, 0) is 0 Å². The summed E-state index contributed by atoms with van der Waals surface area (Å²) in [5, 5.41) is 5.06. The Bertz CT molecular complexity index is 656. The van der Waals surface area contributed by atoms with E-state index >= 15 is 0 Å². The van der Waals surface area contributed by atoms with Gasteiger partial charge in [-0.05, 0) is 24.5 Å². The Labute approximate surface area is 95.8 Å². The highest BCUT2D eigenvalue weighted by atomic mass is 32.1. The highest BCUT2D eigenvalue weighted by molar-refractivity contribution is 7.13. The van der Waals surface area contributed by atoms with E-state index < -0.39 is 0 Å². The van der Waals surface area contributed by atoms with Gasteiger partial charge in [0.05, 0.1) is 10.4 Å². The Morgan fingerprint density at radius 3 is 3.00 bits per heavy atom. The van der Waals surface area contributed by atoms with Crippen LogP contribution in [-0.4, -0.2) is 9.53 Å². The third-order valence-electron chi connectivity index (χ3n) is 2.47. The van der Waals surface area contributed by atoms with Gasteiger partial charge in [0.15, 0.2) is 0 Å². The molecule has 0 aliphatic rings. The van der Waals surface area contributed by atoms with Gasteiger partial charge < -0.3 is 10.3 Å². The van der Waals surface area contributed by atoms with Gasteiger partial charge in [0.1, 0.15) is 5.69 Å². The molecule has 4 nitrogen and oxygen atoms in total. The lowest BCUT2D eigenvalue weighted by molar-refractivity contribution is 0.439. The van der Waals surface area contributed by atoms with Crippen LogP contribution >= 0.6 is 11.5 Å². The lowest BCUT2D eigenvalue weighted by atomic mass is 10.1. The van der Waals surface area contributed by atoms with Crippen molar-refractivity contribution in [2.45, 2.75) is 6.92 Å². The summed E-state index contributed by atoms with van der Waals surface area (Å²) < 4.78 is 10.4. The van der Waals surface area contributed by atoms with Crippen molar-refractivity contribution in [3.63, 3.8) is 0 Å². The van der Waals surface area contributed by atoms with Crippen LogP contribution in [0.1, 0.15) is 5.69 Å². The zero-order chi connectivity index (χ0) is 11.1. The molecule has 5 heteroatoms. The molecule has 0 aliphatic carbocycles. The van der Waals surface area contributed by atoms with Crippen LogP contribution in [0.5, 0.6) is 0 Å². The molecule has 3 aromatic rings. The second-order valence-electron chi connectivity index (χ2n) is 3.56. The van der Waals surface area contributed by atoms with Gasteiger partial charge in [-0.25, -0.2) is 0 Å². The quantitative estimate of drug-likeness (QED) is 0.699. The molecule has 0 amide bonds. The molecule has 0 bridgehead atoms. The summed E-state index contributed by atoms with van der Waals surface area (Å²) >= 11 is 1.49. The summed E-state index contributed by atoms with van der Waals surface area (Å²) in [6.45, 7) is 1.99. The maximum atomic E-state index is 5.53. The van der Waals surface area contributed by atoms with E-state index in [1.165, 1.54) is 11.5 Å². The summed E-state index contributed by atoms with van der Waals surface area (Å²) in [5.41, 5.74) is 8.32. The topological polar surface area (TPSA) is 64.9 Å². The van der Waals surface area contributed by atoms with E-state index in [-0.39, 0.29) is 0 Å². The number of aromatic nitrogens is 2. The molecule has 0 spiro atoms. The number of nitrogens with two attached hydrogens (primary N) is 1. The van der Waals surface area contributed by atoms with Crippen molar-refractivity contribution >= 4 is 27.5 Å².